The number of nitrogens with one attached hydrogen (secondary N) is 2. The van der Waals surface area contributed by atoms with Crippen molar-refractivity contribution in [1.29, 1.82) is 0 Å². The standard InChI is InChI=1S/C11H17ClN2S/c1-11(2)7-8(5-6-13-11)14-10-4-3-9(12)15-10/h3-4,8,13-14H,5-7H2,1-2H3. The van der Waals surface area contributed by atoms with Crippen LogP contribution in [0, 0.1) is 0 Å². The Bertz CT molecular complexity index is 335. The molecule has 0 saturated carbocycles. The highest BCUT2D eigenvalue weighted by molar-refractivity contribution is 7.19. The summed E-state index contributed by atoms with van der Waals surface area (Å²) in [4.78, 5) is 0. The summed E-state index contributed by atoms with van der Waals surface area (Å²) in [5, 5.41) is 8.25. The lowest BCUT2D eigenvalue weighted by Gasteiger charge is -2.37. The van der Waals surface area contributed by atoms with Crippen LogP contribution in [0.5, 0.6) is 0 Å². The molecule has 15 heavy (non-hydrogen) atoms. The molecule has 0 radical (unpaired) electrons. The topological polar surface area (TPSA) is 24.1 Å². The van der Waals surface area contributed by atoms with Gasteiger partial charge in [0.15, 0.2) is 0 Å². The molecular formula is C11H17ClN2S. The molecule has 1 unspecified atom stereocenters. The molecular weight excluding hydrogens is 228 g/mol. The van der Waals surface area contributed by atoms with Crippen LogP contribution in [-0.2, 0) is 0 Å². The summed E-state index contributed by atoms with van der Waals surface area (Å²) in [6.45, 7) is 5.59. The molecule has 1 aliphatic heterocycles. The van der Waals surface area contributed by atoms with E-state index in [1.54, 1.807) is 11.3 Å². The average molecular weight is 245 g/mol. The van der Waals surface area contributed by atoms with E-state index in [4.69, 9.17) is 11.6 Å². The molecule has 1 aromatic heterocycles. The zero-order chi connectivity index (χ0) is 10.9. The zero-order valence-corrected chi connectivity index (χ0v) is 10.7. The minimum Gasteiger partial charge on any atom is -0.374 e. The molecule has 2 N–H and O–H groups in total. The molecule has 0 spiro atoms. The first kappa shape index (κ1) is 11.2. The maximum Gasteiger partial charge on any atom is 0.0950 e. The van der Waals surface area contributed by atoms with Gasteiger partial charge in [-0.3, -0.25) is 0 Å². The second-order valence-electron chi connectivity index (χ2n) is 4.75. The summed E-state index contributed by atoms with van der Waals surface area (Å²) in [6, 6.07) is 4.57. The number of hydrogen-bond acceptors (Lipinski definition) is 3. The van der Waals surface area contributed by atoms with Gasteiger partial charge in [0.05, 0.1) is 9.34 Å². The highest BCUT2D eigenvalue weighted by Gasteiger charge is 2.27. The number of rotatable bonds is 2. The van der Waals surface area contributed by atoms with Crippen molar-refractivity contribution in [3.63, 3.8) is 0 Å². The van der Waals surface area contributed by atoms with Crippen molar-refractivity contribution in [2.45, 2.75) is 38.3 Å². The molecule has 0 amide bonds. The molecule has 0 aromatic carbocycles. The molecule has 1 atom stereocenters. The van der Waals surface area contributed by atoms with E-state index in [0.717, 1.165) is 17.3 Å². The van der Waals surface area contributed by atoms with Gasteiger partial charge in [-0.25, -0.2) is 0 Å². The first-order chi connectivity index (χ1) is 7.05. The Balaban J connectivity index is 1.95. The fourth-order valence-corrected chi connectivity index (χ4v) is 3.11. The Labute approximate surface area is 100 Å². The molecule has 1 aromatic rings. The third kappa shape index (κ3) is 3.10. The number of thiophene rings is 1. The van der Waals surface area contributed by atoms with E-state index < -0.39 is 0 Å². The lowest BCUT2D eigenvalue weighted by atomic mass is 9.89. The molecule has 4 heteroatoms. The predicted octanol–water partition coefficient (Wildman–Crippen LogP) is 3.34. The third-order valence-corrected chi connectivity index (χ3v) is 3.94. The molecule has 1 saturated heterocycles. The van der Waals surface area contributed by atoms with E-state index in [0.29, 0.717) is 6.04 Å². The van der Waals surface area contributed by atoms with Crippen molar-refractivity contribution in [3.8, 4) is 0 Å². The van der Waals surface area contributed by atoms with Crippen LogP contribution >= 0.6 is 22.9 Å². The summed E-state index contributed by atoms with van der Waals surface area (Å²) < 4.78 is 0.852. The van der Waals surface area contributed by atoms with Crippen molar-refractivity contribution in [2.24, 2.45) is 0 Å². The summed E-state index contributed by atoms with van der Waals surface area (Å²) in [7, 11) is 0. The van der Waals surface area contributed by atoms with E-state index in [9.17, 15) is 0 Å². The molecule has 84 valence electrons. The van der Waals surface area contributed by atoms with Gasteiger partial charge in [0, 0.05) is 11.6 Å². The number of piperidine rings is 1. The van der Waals surface area contributed by atoms with Crippen LogP contribution in [0.3, 0.4) is 0 Å². The van der Waals surface area contributed by atoms with Crippen LogP contribution in [-0.4, -0.2) is 18.1 Å². The normalized spacial score (nSPS) is 25.1. The summed E-state index contributed by atoms with van der Waals surface area (Å²) in [5.74, 6) is 0. The van der Waals surface area contributed by atoms with Crippen LogP contribution in [0.4, 0.5) is 5.00 Å². The molecule has 2 rings (SSSR count). The van der Waals surface area contributed by atoms with Crippen LogP contribution < -0.4 is 10.6 Å². The predicted molar refractivity (Wildman–Crippen MR) is 68.1 cm³/mol. The summed E-state index contributed by atoms with van der Waals surface area (Å²) >= 11 is 7.52. The monoisotopic (exact) mass is 244 g/mol. The maximum absolute atomic E-state index is 5.90. The van der Waals surface area contributed by atoms with Gasteiger partial charge < -0.3 is 10.6 Å². The van der Waals surface area contributed by atoms with Gasteiger partial charge in [0.2, 0.25) is 0 Å². The smallest absolute Gasteiger partial charge is 0.0950 e. The van der Waals surface area contributed by atoms with Crippen molar-refractivity contribution >= 4 is 27.9 Å². The zero-order valence-electron chi connectivity index (χ0n) is 9.14. The van der Waals surface area contributed by atoms with E-state index >= 15 is 0 Å². The van der Waals surface area contributed by atoms with Crippen molar-refractivity contribution in [2.75, 3.05) is 11.9 Å². The number of hydrogen-bond donors (Lipinski definition) is 2. The Kier molecular flexibility index (Phi) is 3.24. The number of anilines is 1. The van der Waals surface area contributed by atoms with Gasteiger partial charge in [0.1, 0.15) is 0 Å². The van der Waals surface area contributed by atoms with Crippen LogP contribution in [0.15, 0.2) is 12.1 Å². The third-order valence-electron chi connectivity index (χ3n) is 2.77. The Morgan fingerprint density at radius 3 is 2.93 bits per heavy atom. The van der Waals surface area contributed by atoms with Crippen LogP contribution in [0.2, 0.25) is 4.34 Å². The molecule has 0 aliphatic carbocycles. The Hall–Kier alpha value is -0.250. The van der Waals surface area contributed by atoms with Gasteiger partial charge in [-0.1, -0.05) is 11.6 Å². The van der Waals surface area contributed by atoms with E-state index in [1.807, 2.05) is 6.07 Å². The second kappa shape index (κ2) is 4.32. The highest BCUT2D eigenvalue weighted by atomic mass is 35.5. The van der Waals surface area contributed by atoms with Crippen molar-refractivity contribution in [1.82, 2.24) is 5.32 Å². The fraction of sp³-hybridized carbons (Fsp3) is 0.636. The lowest BCUT2D eigenvalue weighted by molar-refractivity contribution is 0.286. The second-order valence-corrected chi connectivity index (χ2v) is 6.46. The Morgan fingerprint density at radius 2 is 2.33 bits per heavy atom. The quantitative estimate of drug-likeness (QED) is 0.834. The molecule has 1 aliphatic rings. The van der Waals surface area contributed by atoms with E-state index in [1.165, 1.54) is 11.4 Å². The first-order valence-corrected chi connectivity index (χ1v) is 6.51. The molecule has 0 bridgehead atoms. The SMILES string of the molecule is CC1(C)CC(Nc2ccc(Cl)s2)CCN1. The van der Waals surface area contributed by atoms with Gasteiger partial charge in [-0.15, -0.1) is 11.3 Å². The minimum absolute atomic E-state index is 0.247. The fourth-order valence-electron chi connectivity index (χ4n) is 2.09. The highest BCUT2D eigenvalue weighted by Crippen LogP contribution is 2.29. The van der Waals surface area contributed by atoms with Gasteiger partial charge >= 0.3 is 0 Å². The maximum atomic E-state index is 5.90. The average Bonchev–Trinajstić information content (AvgIpc) is 2.49. The first-order valence-electron chi connectivity index (χ1n) is 5.32. The number of halogens is 1. The van der Waals surface area contributed by atoms with Crippen molar-refractivity contribution in [3.05, 3.63) is 16.5 Å². The van der Waals surface area contributed by atoms with Gasteiger partial charge in [0.25, 0.3) is 0 Å². The Morgan fingerprint density at radius 1 is 1.53 bits per heavy atom. The summed E-state index contributed by atoms with van der Waals surface area (Å²) in [5.41, 5.74) is 0.247. The van der Waals surface area contributed by atoms with E-state index in [-0.39, 0.29) is 5.54 Å². The minimum atomic E-state index is 0.247. The van der Waals surface area contributed by atoms with Crippen LogP contribution in [0.1, 0.15) is 26.7 Å². The lowest BCUT2D eigenvalue weighted by Crippen LogP contribution is -2.49. The van der Waals surface area contributed by atoms with Gasteiger partial charge in [-0.2, -0.15) is 0 Å². The van der Waals surface area contributed by atoms with Crippen LogP contribution in [0.25, 0.3) is 0 Å². The molecule has 2 nitrogen and oxygen atoms in total. The van der Waals surface area contributed by atoms with E-state index in [2.05, 4.69) is 30.5 Å². The largest absolute Gasteiger partial charge is 0.374 e. The summed E-state index contributed by atoms with van der Waals surface area (Å²) in [6.07, 6.45) is 2.33. The van der Waals surface area contributed by atoms with Crippen molar-refractivity contribution < 1.29 is 0 Å². The molecule has 2 heterocycles. The van der Waals surface area contributed by atoms with Gasteiger partial charge in [-0.05, 0) is 45.4 Å². The molecule has 1 fully saturated rings.